The molecule has 0 saturated heterocycles. The summed E-state index contributed by atoms with van der Waals surface area (Å²) in [5.41, 5.74) is 0. The van der Waals surface area contributed by atoms with E-state index < -0.39 is 6.10 Å². The van der Waals surface area contributed by atoms with Crippen molar-refractivity contribution in [2.24, 2.45) is 0 Å². The van der Waals surface area contributed by atoms with Crippen LogP contribution in [0.1, 0.15) is 303 Å². The Labute approximate surface area is 452 Å². The third-order valence-electron chi connectivity index (χ3n) is 13.4. The average molecular weight is 1020 g/mol. The van der Waals surface area contributed by atoms with Gasteiger partial charge in [0.15, 0.2) is 6.10 Å². The van der Waals surface area contributed by atoms with E-state index in [4.69, 9.17) is 14.2 Å². The Kier molecular flexibility index (Phi) is 58.3. The second-order valence-electron chi connectivity index (χ2n) is 20.6. The maximum absolute atomic E-state index is 12.9. The number of esters is 3. The molecule has 0 bridgehead atoms. The van der Waals surface area contributed by atoms with E-state index in [-0.39, 0.29) is 37.5 Å². The molecule has 420 valence electrons. The maximum Gasteiger partial charge on any atom is 0.306 e. The number of hydrogen-bond donors (Lipinski definition) is 0. The molecule has 0 spiro atoms. The number of unbranched alkanes of at least 4 members (excludes halogenated alkanes) is 31. The first-order valence-electron chi connectivity index (χ1n) is 31.1. The fourth-order valence-corrected chi connectivity index (χ4v) is 8.68. The molecule has 0 unspecified atom stereocenters. The van der Waals surface area contributed by atoms with Crippen molar-refractivity contribution in [2.75, 3.05) is 13.2 Å². The molecule has 0 radical (unpaired) electrons. The number of rotatable bonds is 56. The van der Waals surface area contributed by atoms with Crippen molar-refractivity contribution >= 4 is 17.9 Å². The van der Waals surface area contributed by atoms with Gasteiger partial charge in [-0.2, -0.15) is 0 Å². The quantitative estimate of drug-likeness (QED) is 0.0261. The van der Waals surface area contributed by atoms with E-state index in [0.29, 0.717) is 19.3 Å². The van der Waals surface area contributed by atoms with Crippen LogP contribution in [0.25, 0.3) is 0 Å². The Morgan fingerprint density at radius 2 is 0.507 bits per heavy atom. The second kappa shape index (κ2) is 61.1. The molecule has 0 amide bonds. The molecule has 0 aromatic heterocycles. The van der Waals surface area contributed by atoms with E-state index >= 15 is 0 Å². The van der Waals surface area contributed by atoms with Gasteiger partial charge < -0.3 is 14.2 Å². The van der Waals surface area contributed by atoms with Crippen molar-refractivity contribution in [2.45, 2.75) is 309 Å². The predicted octanol–water partition coefficient (Wildman–Crippen LogP) is 21.1. The molecule has 0 aliphatic heterocycles. The van der Waals surface area contributed by atoms with Crippen LogP contribution in [0, 0.1) is 0 Å². The summed E-state index contributed by atoms with van der Waals surface area (Å²) in [6, 6.07) is 0. The average Bonchev–Trinajstić information content (AvgIpc) is 3.39. The molecule has 6 heteroatoms. The van der Waals surface area contributed by atoms with Gasteiger partial charge in [0.2, 0.25) is 0 Å². The van der Waals surface area contributed by atoms with Crippen LogP contribution in [0.5, 0.6) is 0 Å². The van der Waals surface area contributed by atoms with Gasteiger partial charge in [0, 0.05) is 19.3 Å². The minimum absolute atomic E-state index is 0.0985. The second-order valence-corrected chi connectivity index (χ2v) is 20.6. The van der Waals surface area contributed by atoms with Crippen LogP contribution in [-0.4, -0.2) is 37.2 Å². The van der Waals surface area contributed by atoms with E-state index in [2.05, 4.69) is 106 Å². The van der Waals surface area contributed by atoms with Crippen LogP contribution in [0.2, 0.25) is 0 Å². The molecule has 73 heavy (non-hydrogen) atoms. The maximum atomic E-state index is 12.9. The van der Waals surface area contributed by atoms with E-state index in [1.807, 2.05) is 0 Å². The summed E-state index contributed by atoms with van der Waals surface area (Å²) in [6.07, 6.45) is 80.1. The van der Waals surface area contributed by atoms with Gasteiger partial charge in [-0.25, -0.2) is 0 Å². The zero-order valence-corrected chi connectivity index (χ0v) is 48.1. The van der Waals surface area contributed by atoms with Gasteiger partial charge in [0.05, 0.1) is 0 Å². The predicted molar refractivity (Wildman–Crippen MR) is 316 cm³/mol. The van der Waals surface area contributed by atoms with Gasteiger partial charge in [-0.3, -0.25) is 14.4 Å². The molecule has 0 heterocycles. The molecule has 0 fully saturated rings. The molecule has 1 atom stereocenters. The lowest BCUT2D eigenvalue weighted by atomic mass is 10.0. The SMILES string of the molecule is CCCCC/C=C\C/C=C\C/C=C\C/C=C\CCCC(=O)OC[C@H](COC(=O)CCCCCCCC/C=C\C/C=C\C/C=C\CCCCC)OC(=O)CCCCCCCCCCCCCCCCCCCCC. The van der Waals surface area contributed by atoms with E-state index in [1.165, 1.54) is 173 Å². The number of carbonyl (C=O) groups is 3. The molecule has 0 aromatic carbocycles. The normalized spacial score (nSPS) is 12.6. The third kappa shape index (κ3) is 59.3. The fourth-order valence-electron chi connectivity index (χ4n) is 8.68. The van der Waals surface area contributed by atoms with Crippen molar-refractivity contribution < 1.29 is 28.6 Å². The van der Waals surface area contributed by atoms with Gasteiger partial charge in [-0.15, -0.1) is 0 Å². The molecule has 0 aromatic rings. The molecule has 0 aliphatic carbocycles. The highest BCUT2D eigenvalue weighted by atomic mass is 16.6. The molecule has 0 rings (SSSR count). The van der Waals surface area contributed by atoms with Crippen molar-refractivity contribution in [1.82, 2.24) is 0 Å². The molecule has 0 N–H and O–H groups in total. The van der Waals surface area contributed by atoms with Crippen LogP contribution in [0.15, 0.2) is 85.1 Å². The van der Waals surface area contributed by atoms with Gasteiger partial charge in [0.25, 0.3) is 0 Å². The van der Waals surface area contributed by atoms with Crippen molar-refractivity contribution in [1.29, 1.82) is 0 Å². The van der Waals surface area contributed by atoms with Crippen molar-refractivity contribution in [3.8, 4) is 0 Å². The van der Waals surface area contributed by atoms with Gasteiger partial charge >= 0.3 is 17.9 Å². The van der Waals surface area contributed by atoms with E-state index in [9.17, 15) is 14.4 Å². The van der Waals surface area contributed by atoms with Crippen LogP contribution in [-0.2, 0) is 28.6 Å². The standard InChI is InChI=1S/C67H116O6/c1-4-7-10-13-16-19-22-25-28-31-33-36-39-42-45-48-51-54-57-60-66(69)72-63-64(62-71-65(68)59-56-53-50-47-44-41-38-35-30-27-24-21-18-15-12-9-6-3)73-67(70)61-58-55-52-49-46-43-40-37-34-32-29-26-23-20-17-14-11-8-5-2/h16,18-19,21,25,27-28,30,33,36,38,41,47,50,64H,4-15,17,20,22-24,26,29,31-32,34-35,37,39-40,42-46,48-49,51-63H2,1-3H3/b19-16-,21-18-,28-25-,30-27-,36-33-,41-38-,50-47-/t64-/m1/s1. The zero-order valence-electron chi connectivity index (χ0n) is 48.1. The van der Waals surface area contributed by atoms with Gasteiger partial charge in [0.1, 0.15) is 13.2 Å². The smallest absolute Gasteiger partial charge is 0.306 e. The van der Waals surface area contributed by atoms with Gasteiger partial charge in [-0.1, -0.05) is 273 Å². The van der Waals surface area contributed by atoms with E-state index in [1.54, 1.807) is 0 Å². The summed E-state index contributed by atoms with van der Waals surface area (Å²) < 4.78 is 16.9. The Morgan fingerprint density at radius 1 is 0.274 bits per heavy atom. The van der Waals surface area contributed by atoms with E-state index in [0.717, 1.165) is 83.5 Å². The first-order valence-corrected chi connectivity index (χ1v) is 31.1. The molecular formula is C67H116O6. The Morgan fingerprint density at radius 3 is 0.849 bits per heavy atom. The summed E-state index contributed by atoms with van der Waals surface area (Å²) in [5.74, 6) is -0.956. The molecular weight excluding hydrogens is 901 g/mol. The summed E-state index contributed by atoms with van der Waals surface area (Å²) in [6.45, 7) is 6.56. The van der Waals surface area contributed by atoms with Crippen LogP contribution in [0.4, 0.5) is 0 Å². The minimum Gasteiger partial charge on any atom is -0.462 e. The van der Waals surface area contributed by atoms with Crippen LogP contribution >= 0.6 is 0 Å². The fraction of sp³-hybridized carbons (Fsp3) is 0.746. The van der Waals surface area contributed by atoms with Gasteiger partial charge in [-0.05, 0) is 96.3 Å². The topological polar surface area (TPSA) is 78.9 Å². The monoisotopic (exact) mass is 1020 g/mol. The molecule has 0 saturated carbocycles. The van der Waals surface area contributed by atoms with Crippen LogP contribution < -0.4 is 0 Å². The highest BCUT2D eigenvalue weighted by molar-refractivity contribution is 5.71. The number of ether oxygens (including phenoxy) is 3. The lowest BCUT2D eigenvalue weighted by molar-refractivity contribution is -0.167. The number of carbonyl (C=O) groups excluding carboxylic acids is 3. The lowest BCUT2D eigenvalue weighted by Gasteiger charge is -2.18. The first kappa shape index (κ1) is 69.6. The van der Waals surface area contributed by atoms with Crippen molar-refractivity contribution in [3.63, 3.8) is 0 Å². The first-order chi connectivity index (χ1) is 36.0. The van der Waals surface area contributed by atoms with Crippen molar-refractivity contribution in [3.05, 3.63) is 85.1 Å². The number of allylic oxidation sites excluding steroid dienone is 14. The zero-order chi connectivity index (χ0) is 52.9. The molecule has 0 aliphatic rings. The van der Waals surface area contributed by atoms with Crippen LogP contribution in [0.3, 0.4) is 0 Å². The summed E-state index contributed by atoms with van der Waals surface area (Å²) in [4.78, 5) is 38.3. The highest BCUT2D eigenvalue weighted by Gasteiger charge is 2.19. The largest absolute Gasteiger partial charge is 0.462 e. The minimum atomic E-state index is -0.804. The Balaban J connectivity index is 4.46. The Bertz CT molecular complexity index is 1400. The highest BCUT2D eigenvalue weighted by Crippen LogP contribution is 2.16. The summed E-state index contributed by atoms with van der Waals surface area (Å²) in [5, 5.41) is 0. The number of hydrogen-bond acceptors (Lipinski definition) is 6. The summed E-state index contributed by atoms with van der Waals surface area (Å²) >= 11 is 0. The lowest BCUT2D eigenvalue weighted by Crippen LogP contribution is -2.30. The molecule has 6 nitrogen and oxygen atoms in total. The summed E-state index contributed by atoms with van der Waals surface area (Å²) in [7, 11) is 0. The third-order valence-corrected chi connectivity index (χ3v) is 13.4. The Hall–Kier alpha value is -3.41.